The van der Waals surface area contributed by atoms with Gasteiger partial charge in [-0.1, -0.05) is 0 Å². The first-order chi connectivity index (χ1) is 13.3. The number of aromatic nitrogens is 6. The summed E-state index contributed by atoms with van der Waals surface area (Å²) < 4.78 is 5.03. The van der Waals surface area contributed by atoms with E-state index in [1.54, 1.807) is 18.6 Å². The van der Waals surface area contributed by atoms with Crippen LogP contribution in [0, 0.1) is 0 Å². The lowest BCUT2D eigenvalue weighted by Gasteiger charge is -2.19. The molecular formula is C18H14N8O. The van der Waals surface area contributed by atoms with Gasteiger partial charge in [-0.2, -0.15) is 15.1 Å². The molecule has 0 saturated heterocycles. The summed E-state index contributed by atoms with van der Waals surface area (Å²) in [7, 11) is 1.92. The molecule has 9 heteroatoms. The van der Waals surface area contributed by atoms with Gasteiger partial charge in [-0.25, -0.2) is 4.98 Å². The quantitative estimate of drug-likeness (QED) is 0.503. The largest absolute Gasteiger partial charge is 0.449 e. The summed E-state index contributed by atoms with van der Waals surface area (Å²) in [5.41, 5.74) is 2.65. The second-order valence-corrected chi connectivity index (χ2v) is 5.96. The molecule has 9 nitrogen and oxygen atoms in total. The molecule has 4 heterocycles. The molecule has 4 aromatic heterocycles. The van der Waals surface area contributed by atoms with Crippen LogP contribution in [0.2, 0.25) is 0 Å². The number of hydrogen-bond acceptors (Lipinski definition) is 8. The fraction of sp³-hybridized carbons (Fsp3) is 0.0556. The average molecular weight is 358 g/mol. The first-order valence-corrected chi connectivity index (χ1v) is 8.22. The third-order valence-corrected chi connectivity index (χ3v) is 4.28. The maximum atomic E-state index is 5.03. The van der Waals surface area contributed by atoms with Crippen LogP contribution in [0.3, 0.4) is 0 Å². The van der Waals surface area contributed by atoms with Crippen LogP contribution in [0.1, 0.15) is 0 Å². The van der Waals surface area contributed by atoms with Gasteiger partial charge in [-0.3, -0.25) is 10.1 Å². The Labute approximate surface area is 153 Å². The van der Waals surface area contributed by atoms with Crippen LogP contribution < -0.4 is 10.2 Å². The molecule has 0 spiro atoms. The molecule has 5 aromatic rings. The predicted octanol–water partition coefficient (Wildman–Crippen LogP) is 3.40. The van der Waals surface area contributed by atoms with E-state index in [2.05, 4.69) is 30.5 Å². The van der Waals surface area contributed by atoms with E-state index < -0.39 is 0 Å². The molecule has 0 aliphatic heterocycles. The van der Waals surface area contributed by atoms with Crippen LogP contribution in [-0.2, 0) is 0 Å². The zero-order chi connectivity index (χ0) is 18.2. The van der Waals surface area contributed by atoms with Crippen LogP contribution in [0.25, 0.3) is 21.8 Å². The Balaban J connectivity index is 1.61. The summed E-state index contributed by atoms with van der Waals surface area (Å²) in [5, 5.41) is 12.0. The minimum absolute atomic E-state index is 0.532. The monoisotopic (exact) mass is 358 g/mol. The van der Waals surface area contributed by atoms with Crippen molar-refractivity contribution in [2.75, 3.05) is 17.3 Å². The lowest BCUT2D eigenvalue weighted by Crippen LogP contribution is -2.14. The fourth-order valence-electron chi connectivity index (χ4n) is 2.86. The summed E-state index contributed by atoms with van der Waals surface area (Å²) >= 11 is 0. The van der Waals surface area contributed by atoms with Crippen LogP contribution in [-0.4, -0.2) is 37.2 Å². The van der Waals surface area contributed by atoms with Crippen molar-refractivity contribution in [2.24, 2.45) is 0 Å². The second-order valence-electron chi connectivity index (χ2n) is 5.96. The van der Waals surface area contributed by atoms with Gasteiger partial charge in [0.25, 0.3) is 0 Å². The van der Waals surface area contributed by atoms with Crippen molar-refractivity contribution in [1.29, 1.82) is 0 Å². The highest BCUT2D eigenvalue weighted by molar-refractivity contribution is 5.91. The highest BCUT2D eigenvalue weighted by Gasteiger charge is 2.14. The predicted molar refractivity (Wildman–Crippen MR) is 101 cm³/mol. The average Bonchev–Trinajstić information content (AvgIpc) is 3.38. The summed E-state index contributed by atoms with van der Waals surface area (Å²) in [6, 6.07) is 7.85. The molecule has 0 atom stereocenters. The van der Waals surface area contributed by atoms with Crippen molar-refractivity contribution in [1.82, 2.24) is 30.1 Å². The van der Waals surface area contributed by atoms with Gasteiger partial charge >= 0.3 is 0 Å². The maximum Gasteiger partial charge on any atom is 0.232 e. The van der Waals surface area contributed by atoms with E-state index in [0.717, 1.165) is 27.5 Å². The smallest absolute Gasteiger partial charge is 0.232 e. The second kappa shape index (κ2) is 6.06. The van der Waals surface area contributed by atoms with E-state index in [9.17, 15) is 0 Å². The SMILES string of the molecule is CN(c1ccc2[nH]ncc2c1)c1nc(Nc2cocn2)c2ccncc2n1. The van der Waals surface area contributed by atoms with E-state index in [0.29, 0.717) is 17.6 Å². The molecule has 0 fully saturated rings. The van der Waals surface area contributed by atoms with Crippen molar-refractivity contribution in [3.05, 3.63) is 55.5 Å². The highest BCUT2D eigenvalue weighted by Crippen LogP contribution is 2.29. The van der Waals surface area contributed by atoms with Crippen molar-refractivity contribution >= 4 is 45.1 Å². The Kier molecular flexibility index (Phi) is 3.42. The first-order valence-electron chi connectivity index (χ1n) is 8.22. The standard InChI is InChI=1S/C18H14N8O/c1-26(12-2-3-14-11(6-12)7-21-25-14)18-22-15-8-19-5-4-13(15)17(24-18)23-16-9-27-10-20-16/h2-10H,1H3,(H,21,25)(H,22,23,24). The number of nitrogens with zero attached hydrogens (tertiary/aromatic N) is 6. The van der Waals surface area contributed by atoms with Gasteiger partial charge in [0.15, 0.2) is 12.2 Å². The van der Waals surface area contributed by atoms with Crippen LogP contribution in [0.4, 0.5) is 23.3 Å². The van der Waals surface area contributed by atoms with Gasteiger partial charge in [0.1, 0.15) is 12.1 Å². The summed E-state index contributed by atoms with van der Waals surface area (Å²) in [5.74, 6) is 1.73. The van der Waals surface area contributed by atoms with Crippen LogP contribution in [0.15, 0.2) is 59.9 Å². The van der Waals surface area contributed by atoms with Gasteiger partial charge in [0.2, 0.25) is 5.95 Å². The van der Waals surface area contributed by atoms with Crippen LogP contribution >= 0.6 is 0 Å². The Hall–Kier alpha value is -4.01. The molecule has 0 unspecified atom stereocenters. The Morgan fingerprint density at radius 2 is 2.11 bits per heavy atom. The summed E-state index contributed by atoms with van der Waals surface area (Å²) in [6.07, 6.45) is 8.08. The lowest BCUT2D eigenvalue weighted by atomic mass is 10.2. The Bertz CT molecular complexity index is 1230. The molecule has 27 heavy (non-hydrogen) atoms. The molecular weight excluding hydrogens is 344 g/mol. The Morgan fingerprint density at radius 1 is 1.15 bits per heavy atom. The number of nitrogens with one attached hydrogen (secondary N) is 2. The number of pyridine rings is 1. The third kappa shape index (κ3) is 2.71. The maximum absolute atomic E-state index is 5.03. The molecule has 0 bridgehead atoms. The fourth-order valence-corrected chi connectivity index (χ4v) is 2.86. The summed E-state index contributed by atoms with van der Waals surface area (Å²) in [4.78, 5) is 19.5. The van der Waals surface area contributed by atoms with Crippen molar-refractivity contribution < 1.29 is 4.42 Å². The van der Waals surface area contributed by atoms with Crippen molar-refractivity contribution in [2.45, 2.75) is 0 Å². The Morgan fingerprint density at radius 3 is 3.00 bits per heavy atom. The third-order valence-electron chi connectivity index (χ3n) is 4.28. The number of aromatic amines is 1. The van der Waals surface area contributed by atoms with Gasteiger partial charge in [-0.05, 0) is 24.3 Å². The minimum atomic E-state index is 0.532. The van der Waals surface area contributed by atoms with Crippen molar-refractivity contribution in [3.8, 4) is 0 Å². The lowest BCUT2D eigenvalue weighted by molar-refractivity contribution is 0.558. The van der Waals surface area contributed by atoms with E-state index in [-0.39, 0.29) is 0 Å². The zero-order valence-electron chi connectivity index (χ0n) is 14.3. The zero-order valence-corrected chi connectivity index (χ0v) is 14.3. The van der Waals surface area contributed by atoms with E-state index in [1.165, 1.54) is 12.7 Å². The number of hydrogen-bond donors (Lipinski definition) is 2. The molecule has 132 valence electrons. The minimum Gasteiger partial charge on any atom is -0.449 e. The van der Waals surface area contributed by atoms with Gasteiger partial charge < -0.3 is 14.6 Å². The van der Waals surface area contributed by atoms with Crippen molar-refractivity contribution in [3.63, 3.8) is 0 Å². The van der Waals surface area contributed by atoms with Gasteiger partial charge in [-0.15, -0.1) is 0 Å². The molecule has 5 rings (SSSR count). The molecule has 0 amide bonds. The number of rotatable bonds is 4. The molecule has 0 aliphatic rings. The van der Waals surface area contributed by atoms with Gasteiger partial charge in [0.05, 0.1) is 23.4 Å². The number of anilines is 4. The van der Waals surface area contributed by atoms with E-state index >= 15 is 0 Å². The number of benzene rings is 1. The topological polar surface area (TPSA) is 109 Å². The normalized spacial score (nSPS) is 11.1. The molecule has 0 saturated carbocycles. The number of fused-ring (bicyclic) bond motifs is 2. The summed E-state index contributed by atoms with van der Waals surface area (Å²) in [6.45, 7) is 0. The first kappa shape index (κ1) is 15.3. The molecule has 1 aromatic carbocycles. The molecule has 0 radical (unpaired) electrons. The van der Waals surface area contributed by atoms with Gasteiger partial charge in [0, 0.05) is 29.7 Å². The van der Waals surface area contributed by atoms with E-state index in [1.807, 2.05) is 36.2 Å². The number of H-pyrrole nitrogens is 1. The molecule has 0 aliphatic carbocycles. The van der Waals surface area contributed by atoms with E-state index in [4.69, 9.17) is 9.40 Å². The number of oxazole rings is 1. The molecule has 2 N–H and O–H groups in total. The highest BCUT2D eigenvalue weighted by atomic mass is 16.3. The van der Waals surface area contributed by atoms with Crippen LogP contribution in [0.5, 0.6) is 0 Å².